The van der Waals surface area contributed by atoms with Gasteiger partial charge in [-0.1, -0.05) is 12.1 Å². The lowest BCUT2D eigenvalue weighted by Gasteiger charge is -2.14. The molecule has 0 unspecified atom stereocenters. The predicted molar refractivity (Wildman–Crippen MR) is 82.4 cm³/mol. The number of hydrogen-bond donors (Lipinski definition) is 1. The van der Waals surface area contributed by atoms with Gasteiger partial charge in [0.2, 0.25) is 5.78 Å². The van der Waals surface area contributed by atoms with Gasteiger partial charge in [-0.05, 0) is 38.5 Å². The molecule has 1 atom stereocenters. The number of carbonyl (C=O) groups is 2. The Balaban J connectivity index is 2.28. The van der Waals surface area contributed by atoms with Crippen LogP contribution in [0.4, 0.5) is 4.39 Å². The van der Waals surface area contributed by atoms with Crippen LogP contribution >= 0.6 is 0 Å². The summed E-state index contributed by atoms with van der Waals surface area (Å²) in [6, 6.07) is 5.88. The SMILES string of the molecule is COC(=O)c1[nH]c(C)c(C(=O)[C@H](C)Oc2ccccc2F)c1C. The summed E-state index contributed by atoms with van der Waals surface area (Å²) in [6.07, 6.45) is -0.898. The summed E-state index contributed by atoms with van der Waals surface area (Å²) >= 11 is 0. The minimum Gasteiger partial charge on any atom is -0.479 e. The van der Waals surface area contributed by atoms with E-state index >= 15 is 0 Å². The Morgan fingerprint density at radius 2 is 1.87 bits per heavy atom. The molecule has 0 aliphatic heterocycles. The van der Waals surface area contributed by atoms with E-state index in [4.69, 9.17) is 4.74 Å². The van der Waals surface area contributed by atoms with E-state index in [2.05, 4.69) is 9.72 Å². The fraction of sp³-hybridized carbons (Fsp3) is 0.294. The Morgan fingerprint density at radius 1 is 1.22 bits per heavy atom. The quantitative estimate of drug-likeness (QED) is 0.679. The number of hydrogen-bond acceptors (Lipinski definition) is 4. The smallest absolute Gasteiger partial charge is 0.354 e. The molecule has 2 rings (SSSR count). The largest absolute Gasteiger partial charge is 0.479 e. The van der Waals surface area contributed by atoms with Crippen LogP contribution in [0.3, 0.4) is 0 Å². The first-order chi connectivity index (χ1) is 10.9. The Morgan fingerprint density at radius 3 is 2.48 bits per heavy atom. The number of benzene rings is 1. The first kappa shape index (κ1) is 16.7. The lowest BCUT2D eigenvalue weighted by atomic mass is 10.0. The van der Waals surface area contributed by atoms with E-state index in [1.54, 1.807) is 26.8 Å². The van der Waals surface area contributed by atoms with Crippen LogP contribution in [0.25, 0.3) is 0 Å². The number of ketones is 1. The summed E-state index contributed by atoms with van der Waals surface area (Å²) in [6.45, 7) is 4.87. The molecule has 1 heterocycles. The number of halogens is 1. The second-order valence-electron chi connectivity index (χ2n) is 5.17. The third kappa shape index (κ3) is 3.26. The van der Waals surface area contributed by atoms with E-state index in [0.717, 1.165) is 0 Å². The number of ether oxygens (including phenoxy) is 2. The number of nitrogens with one attached hydrogen (secondary N) is 1. The van der Waals surface area contributed by atoms with E-state index in [-0.39, 0.29) is 17.2 Å². The second kappa shape index (κ2) is 6.64. The number of methoxy groups -OCH3 is 1. The zero-order chi connectivity index (χ0) is 17.1. The zero-order valence-corrected chi connectivity index (χ0v) is 13.4. The number of aromatic nitrogens is 1. The number of aromatic amines is 1. The molecule has 23 heavy (non-hydrogen) atoms. The van der Waals surface area contributed by atoms with Crippen molar-refractivity contribution in [2.75, 3.05) is 7.11 Å². The van der Waals surface area contributed by atoms with E-state index < -0.39 is 17.9 Å². The fourth-order valence-electron chi connectivity index (χ4n) is 2.41. The molecular weight excluding hydrogens is 301 g/mol. The van der Waals surface area contributed by atoms with Crippen molar-refractivity contribution in [3.8, 4) is 5.75 Å². The lowest BCUT2D eigenvalue weighted by molar-refractivity contribution is 0.0594. The monoisotopic (exact) mass is 319 g/mol. The average Bonchev–Trinajstić information content (AvgIpc) is 2.82. The van der Waals surface area contributed by atoms with Crippen molar-refractivity contribution in [2.24, 2.45) is 0 Å². The van der Waals surface area contributed by atoms with Crippen molar-refractivity contribution in [1.82, 2.24) is 4.98 Å². The van der Waals surface area contributed by atoms with Crippen molar-refractivity contribution in [2.45, 2.75) is 26.9 Å². The molecule has 122 valence electrons. The number of aryl methyl sites for hydroxylation is 1. The molecule has 1 N–H and O–H groups in total. The number of esters is 1. The third-order valence-electron chi connectivity index (χ3n) is 3.58. The second-order valence-corrected chi connectivity index (χ2v) is 5.17. The normalized spacial score (nSPS) is 11.9. The molecule has 0 amide bonds. The van der Waals surface area contributed by atoms with Crippen molar-refractivity contribution < 1.29 is 23.5 Å². The maximum atomic E-state index is 13.6. The van der Waals surface area contributed by atoms with Crippen LogP contribution in [-0.4, -0.2) is 30.0 Å². The van der Waals surface area contributed by atoms with Gasteiger partial charge in [0, 0.05) is 11.3 Å². The van der Waals surface area contributed by atoms with Crippen LogP contribution in [0.5, 0.6) is 5.75 Å². The average molecular weight is 319 g/mol. The van der Waals surface area contributed by atoms with Gasteiger partial charge in [-0.3, -0.25) is 4.79 Å². The summed E-state index contributed by atoms with van der Waals surface area (Å²) in [5.74, 6) is -1.42. The minimum atomic E-state index is -0.898. The van der Waals surface area contributed by atoms with Crippen LogP contribution in [-0.2, 0) is 4.74 Å². The summed E-state index contributed by atoms with van der Waals surface area (Å²) in [5.41, 5.74) is 1.61. The van der Waals surface area contributed by atoms with Crippen molar-refractivity contribution in [1.29, 1.82) is 0 Å². The first-order valence-corrected chi connectivity index (χ1v) is 7.09. The van der Waals surface area contributed by atoms with Gasteiger partial charge in [-0.25, -0.2) is 9.18 Å². The molecule has 0 radical (unpaired) electrons. The minimum absolute atomic E-state index is 0.00684. The highest BCUT2D eigenvalue weighted by Crippen LogP contribution is 2.23. The van der Waals surface area contributed by atoms with Gasteiger partial charge in [-0.15, -0.1) is 0 Å². The van der Waals surface area contributed by atoms with Crippen molar-refractivity contribution in [3.63, 3.8) is 0 Å². The molecule has 0 aliphatic rings. The molecule has 1 aromatic carbocycles. The first-order valence-electron chi connectivity index (χ1n) is 7.09. The maximum Gasteiger partial charge on any atom is 0.354 e. The van der Waals surface area contributed by atoms with Crippen molar-refractivity contribution in [3.05, 3.63) is 52.6 Å². The molecule has 0 bridgehead atoms. The van der Waals surface area contributed by atoms with Crippen LogP contribution in [0, 0.1) is 19.7 Å². The number of H-pyrrole nitrogens is 1. The predicted octanol–water partition coefficient (Wildman–Crippen LogP) is 3.21. The molecule has 6 heteroatoms. The molecule has 5 nitrogen and oxygen atoms in total. The van der Waals surface area contributed by atoms with Crippen LogP contribution in [0.1, 0.15) is 39.0 Å². The van der Waals surface area contributed by atoms with Crippen molar-refractivity contribution >= 4 is 11.8 Å². The molecule has 2 aromatic rings. The van der Waals surface area contributed by atoms with Gasteiger partial charge in [0.05, 0.1) is 7.11 Å². The van der Waals surface area contributed by atoms with E-state index in [9.17, 15) is 14.0 Å². The van der Waals surface area contributed by atoms with Crippen LogP contribution in [0.2, 0.25) is 0 Å². The number of rotatable bonds is 5. The summed E-state index contributed by atoms with van der Waals surface area (Å²) in [4.78, 5) is 27.1. The summed E-state index contributed by atoms with van der Waals surface area (Å²) in [7, 11) is 1.27. The Bertz CT molecular complexity index is 751. The molecule has 0 spiro atoms. The number of para-hydroxylation sites is 1. The summed E-state index contributed by atoms with van der Waals surface area (Å²) in [5, 5.41) is 0. The number of carbonyl (C=O) groups excluding carboxylic acids is 2. The van der Waals surface area contributed by atoms with E-state index in [1.807, 2.05) is 0 Å². The molecule has 0 fully saturated rings. The Kier molecular flexibility index (Phi) is 4.83. The van der Waals surface area contributed by atoms with Gasteiger partial charge in [0.25, 0.3) is 0 Å². The maximum absolute atomic E-state index is 13.6. The highest BCUT2D eigenvalue weighted by molar-refractivity contribution is 6.04. The van der Waals surface area contributed by atoms with Gasteiger partial charge >= 0.3 is 5.97 Å². The Hall–Kier alpha value is -2.63. The lowest BCUT2D eigenvalue weighted by Crippen LogP contribution is -2.25. The third-order valence-corrected chi connectivity index (χ3v) is 3.58. The zero-order valence-electron chi connectivity index (χ0n) is 13.4. The molecule has 0 aliphatic carbocycles. The van der Waals surface area contributed by atoms with E-state index in [0.29, 0.717) is 16.8 Å². The highest BCUT2D eigenvalue weighted by Gasteiger charge is 2.27. The van der Waals surface area contributed by atoms with Crippen LogP contribution < -0.4 is 4.74 Å². The van der Waals surface area contributed by atoms with Crippen LogP contribution in [0.15, 0.2) is 24.3 Å². The molecular formula is C17H18FNO4. The van der Waals surface area contributed by atoms with Gasteiger partial charge in [0.1, 0.15) is 5.69 Å². The molecule has 0 saturated carbocycles. The van der Waals surface area contributed by atoms with Gasteiger partial charge in [0.15, 0.2) is 17.7 Å². The van der Waals surface area contributed by atoms with Gasteiger partial charge in [-0.2, -0.15) is 0 Å². The topological polar surface area (TPSA) is 68.4 Å². The van der Waals surface area contributed by atoms with E-state index in [1.165, 1.54) is 25.3 Å². The van der Waals surface area contributed by atoms with Gasteiger partial charge < -0.3 is 14.5 Å². The standard InChI is InChI=1S/C17H18FNO4/c1-9-14(10(2)19-15(9)17(21)22-4)16(20)11(3)23-13-8-6-5-7-12(13)18/h5-8,11,19H,1-4H3/t11-/m0/s1. The Labute approximate surface area is 133 Å². The fourth-order valence-corrected chi connectivity index (χ4v) is 2.41. The molecule has 1 aromatic heterocycles. The molecule has 0 saturated heterocycles. The summed E-state index contributed by atoms with van der Waals surface area (Å²) < 4.78 is 23.7. The highest BCUT2D eigenvalue weighted by atomic mass is 19.1. The number of Topliss-reactive ketones (excluding diaryl/α,β-unsaturated/α-hetero) is 1.